The summed E-state index contributed by atoms with van der Waals surface area (Å²) in [5.41, 5.74) is 5.79. The molecule has 1 saturated heterocycles. The van der Waals surface area contributed by atoms with E-state index in [2.05, 4.69) is 0 Å². The molecular weight excluding hydrogens is 188 g/mol. The largest absolute Gasteiger partial charge is 0.312 e. The van der Waals surface area contributed by atoms with Crippen molar-refractivity contribution >= 4 is 9.84 Å². The van der Waals surface area contributed by atoms with Gasteiger partial charge in [-0.25, -0.2) is 8.42 Å². The van der Waals surface area contributed by atoms with Gasteiger partial charge in [-0.15, -0.1) is 0 Å². The van der Waals surface area contributed by atoms with Crippen LogP contribution in [0.25, 0.3) is 0 Å². The molecule has 13 heavy (non-hydrogen) atoms. The van der Waals surface area contributed by atoms with Gasteiger partial charge in [-0.05, 0) is 6.92 Å². The molecule has 5 heteroatoms. The van der Waals surface area contributed by atoms with Crippen molar-refractivity contribution in [1.82, 2.24) is 4.90 Å². The lowest BCUT2D eigenvalue weighted by molar-refractivity contribution is 0.252. The van der Waals surface area contributed by atoms with E-state index in [0.717, 1.165) is 0 Å². The van der Waals surface area contributed by atoms with Gasteiger partial charge in [0.05, 0.1) is 17.7 Å². The van der Waals surface area contributed by atoms with E-state index in [4.69, 9.17) is 5.73 Å². The van der Waals surface area contributed by atoms with E-state index in [1.54, 1.807) is 0 Å². The third-order valence-electron chi connectivity index (χ3n) is 2.19. The first kappa shape index (κ1) is 10.7. The Morgan fingerprint density at radius 1 is 1.38 bits per heavy atom. The highest BCUT2D eigenvalue weighted by molar-refractivity contribution is 7.91. The molecule has 0 spiro atoms. The molecule has 1 heterocycles. The van der Waals surface area contributed by atoms with Crippen LogP contribution in [-0.4, -0.2) is 44.1 Å². The second kappa shape index (κ2) is 4.21. The number of nitrogens with zero attached hydrogens (tertiary/aromatic N) is 1. The molecule has 1 aliphatic rings. The van der Waals surface area contributed by atoms with Crippen molar-refractivity contribution in [3.05, 3.63) is 12.2 Å². The third kappa shape index (κ3) is 3.10. The van der Waals surface area contributed by atoms with Gasteiger partial charge in [0.2, 0.25) is 0 Å². The molecular formula is C8H16N2O2S. The fourth-order valence-electron chi connectivity index (χ4n) is 1.34. The Morgan fingerprint density at radius 2 is 1.92 bits per heavy atom. The minimum absolute atomic E-state index is 0.138. The molecule has 1 unspecified atom stereocenters. The molecule has 1 aliphatic heterocycles. The van der Waals surface area contributed by atoms with Crippen LogP contribution in [0.15, 0.2) is 12.2 Å². The number of hydrogen-bond donors (Lipinski definition) is 1. The highest BCUT2D eigenvalue weighted by atomic mass is 32.2. The summed E-state index contributed by atoms with van der Waals surface area (Å²) < 4.78 is 22.2. The van der Waals surface area contributed by atoms with Crippen LogP contribution in [0.4, 0.5) is 0 Å². The average Bonchev–Trinajstić information content (AvgIpc) is 2.04. The zero-order chi connectivity index (χ0) is 9.90. The molecule has 0 aromatic carbocycles. The van der Waals surface area contributed by atoms with E-state index in [9.17, 15) is 8.42 Å². The Morgan fingerprint density at radius 3 is 2.38 bits per heavy atom. The first-order valence-corrected chi connectivity index (χ1v) is 6.20. The number of allylic oxidation sites excluding steroid dienone is 1. The summed E-state index contributed by atoms with van der Waals surface area (Å²) >= 11 is 0. The topological polar surface area (TPSA) is 63.4 Å². The standard InChI is InChI=1S/C8H16N2O2S/c1-2-3-8(9)10-4-6-13(11,12)7-5-10/h2-3,8H,4-7,9H2,1H3. The number of nitrogens with two attached hydrogens (primary N) is 1. The molecule has 1 atom stereocenters. The van der Waals surface area contributed by atoms with Crippen molar-refractivity contribution in [2.75, 3.05) is 24.6 Å². The van der Waals surface area contributed by atoms with Crippen LogP contribution in [0.3, 0.4) is 0 Å². The molecule has 0 saturated carbocycles. The van der Waals surface area contributed by atoms with Gasteiger partial charge in [-0.3, -0.25) is 4.90 Å². The molecule has 0 radical (unpaired) electrons. The summed E-state index contributed by atoms with van der Waals surface area (Å²) in [5.74, 6) is 0.469. The summed E-state index contributed by atoms with van der Waals surface area (Å²) in [5, 5.41) is 0. The van der Waals surface area contributed by atoms with Crippen LogP contribution < -0.4 is 5.73 Å². The van der Waals surface area contributed by atoms with Crippen molar-refractivity contribution in [2.45, 2.75) is 13.1 Å². The van der Waals surface area contributed by atoms with Gasteiger partial charge in [-0.2, -0.15) is 0 Å². The maximum absolute atomic E-state index is 11.1. The van der Waals surface area contributed by atoms with Gasteiger partial charge in [0, 0.05) is 13.1 Å². The van der Waals surface area contributed by atoms with E-state index < -0.39 is 9.84 Å². The van der Waals surface area contributed by atoms with E-state index in [1.807, 2.05) is 24.0 Å². The summed E-state index contributed by atoms with van der Waals surface area (Å²) in [7, 11) is -2.79. The highest BCUT2D eigenvalue weighted by Gasteiger charge is 2.23. The van der Waals surface area contributed by atoms with E-state index >= 15 is 0 Å². The third-order valence-corrected chi connectivity index (χ3v) is 3.80. The Labute approximate surface area is 79.3 Å². The maximum Gasteiger partial charge on any atom is 0.152 e. The Balaban J connectivity index is 2.50. The fraction of sp³-hybridized carbons (Fsp3) is 0.750. The van der Waals surface area contributed by atoms with Crippen LogP contribution in [-0.2, 0) is 9.84 Å². The van der Waals surface area contributed by atoms with E-state index in [1.165, 1.54) is 0 Å². The summed E-state index contributed by atoms with van der Waals surface area (Å²) in [6.45, 7) is 3.00. The van der Waals surface area contributed by atoms with Crippen LogP contribution in [0.5, 0.6) is 0 Å². The highest BCUT2D eigenvalue weighted by Crippen LogP contribution is 2.05. The van der Waals surface area contributed by atoms with Gasteiger partial charge in [0.25, 0.3) is 0 Å². The molecule has 0 aromatic heterocycles. The molecule has 2 N–H and O–H groups in total. The first-order valence-electron chi connectivity index (χ1n) is 4.38. The van der Waals surface area contributed by atoms with Gasteiger partial charge in [-0.1, -0.05) is 12.2 Å². The van der Waals surface area contributed by atoms with Gasteiger partial charge in [0.1, 0.15) is 0 Å². The lowest BCUT2D eigenvalue weighted by Crippen LogP contribution is -2.49. The fourth-order valence-corrected chi connectivity index (χ4v) is 2.57. The summed E-state index contributed by atoms with van der Waals surface area (Å²) in [4.78, 5) is 1.97. The van der Waals surface area contributed by atoms with Crippen LogP contribution >= 0.6 is 0 Å². The second-order valence-electron chi connectivity index (χ2n) is 3.20. The van der Waals surface area contributed by atoms with Crippen molar-refractivity contribution < 1.29 is 8.42 Å². The molecule has 0 amide bonds. The maximum atomic E-state index is 11.1. The predicted octanol–water partition coefficient (Wildman–Crippen LogP) is -0.422. The van der Waals surface area contributed by atoms with E-state index in [-0.39, 0.29) is 17.7 Å². The number of sulfone groups is 1. The monoisotopic (exact) mass is 204 g/mol. The molecule has 4 nitrogen and oxygen atoms in total. The summed E-state index contributed by atoms with van der Waals surface area (Å²) in [6.07, 6.45) is 3.62. The lowest BCUT2D eigenvalue weighted by atomic mass is 10.3. The van der Waals surface area contributed by atoms with Gasteiger partial charge in [0.15, 0.2) is 9.84 Å². The minimum Gasteiger partial charge on any atom is -0.312 e. The molecule has 0 aromatic rings. The van der Waals surface area contributed by atoms with Crippen LogP contribution in [0.1, 0.15) is 6.92 Å². The minimum atomic E-state index is -2.79. The molecule has 0 bridgehead atoms. The zero-order valence-corrected chi connectivity index (χ0v) is 8.63. The van der Waals surface area contributed by atoms with Gasteiger partial charge >= 0.3 is 0 Å². The normalized spacial score (nSPS) is 26.3. The Kier molecular flexibility index (Phi) is 3.47. The van der Waals surface area contributed by atoms with Crippen molar-refractivity contribution in [1.29, 1.82) is 0 Å². The Hall–Kier alpha value is -0.390. The molecule has 0 aliphatic carbocycles. The predicted molar refractivity (Wildman–Crippen MR) is 53.0 cm³/mol. The van der Waals surface area contributed by atoms with Crippen LogP contribution in [0.2, 0.25) is 0 Å². The summed E-state index contributed by atoms with van der Waals surface area (Å²) in [6, 6.07) is 0. The second-order valence-corrected chi connectivity index (χ2v) is 5.51. The van der Waals surface area contributed by atoms with Gasteiger partial charge < -0.3 is 5.73 Å². The number of rotatable bonds is 2. The van der Waals surface area contributed by atoms with E-state index in [0.29, 0.717) is 13.1 Å². The van der Waals surface area contributed by atoms with Crippen molar-refractivity contribution in [3.63, 3.8) is 0 Å². The number of hydrogen-bond acceptors (Lipinski definition) is 4. The molecule has 76 valence electrons. The SMILES string of the molecule is CC=CC(N)N1CCS(=O)(=O)CC1. The zero-order valence-electron chi connectivity index (χ0n) is 7.81. The van der Waals surface area contributed by atoms with Crippen molar-refractivity contribution in [3.8, 4) is 0 Å². The van der Waals surface area contributed by atoms with Crippen LogP contribution in [0, 0.1) is 0 Å². The Bertz CT molecular complexity index is 271. The quantitative estimate of drug-likeness (QED) is 0.620. The average molecular weight is 204 g/mol. The molecule has 1 fully saturated rings. The molecule has 1 rings (SSSR count). The van der Waals surface area contributed by atoms with Crippen molar-refractivity contribution in [2.24, 2.45) is 5.73 Å². The lowest BCUT2D eigenvalue weighted by Gasteiger charge is -2.30. The first-order chi connectivity index (χ1) is 6.05. The smallest absolute Gasteiger partial charge is 0.152 e.